The van der Waals surface area contributed by atoms with Crippen LogP contribution in [0.15, 0.2) is 78.9 Å². The summed E-state index contributed by atoms with van der Waals surface area (Å²) in [5.74, 6) is 0.787. The number of hydrogen-bond acceptors (Lipinski definition) is 3. The largest absolute Gasteiger partial charge is 0.497 e. The van der Waals surface area contributed by atoms with Crippen LogP contribution in [-0.4, -0.2) is 52.8 Å². The van der Waals surface area contributed by atoms with Gasteiger partial charge in [0.1, 0.15) is 11.8 Å². The third kappa shape index (κ3) is 3.83. The standard InChI is InChI=1S/C30H29N3O3/c1-36-22-15-13-21(14-16-22)29-28-24(23-11-5-6-12-25(23)31-28)18-26-30(35)32(19-27(34)33(26)29)17-7-10-20-8-3-2-4-9-20/h2-6,8-9,11-16,26,29,31H,7,10,17-19H2,1H3/t26-,29-/m0/s1. The predicted molar refractivity (Wildman–Crippen MR) is 139 cm³/mol. The number of nitrogens with one attached hydrogen (secondary N) is 1. The van der Waals surface area contributed by atoms with E-state index in [1.165, 1.54) is 5.56 Å². The van der Waals surface area contributed by atoms with Crippen LogP contribution in [0.5, 0.6) is 5.75 Å². The van der Waals surface area contributed by atoms with Crippen molar-refractivity contribution in [3.8, 4) is 5.75 Å². The molecule has 1 fully saturated rings. The molecular formula is C30H29N3O3. The molecule has 6 heteroatoms. The molecule has 3 aromatic carbocycles. The first-order chi connectivity index (χ1) is 17.6. The molecule has 4 aromatic rings. The third-order valence-electron chi connectivity index (χ3n) is 7.51. The number of nitrogens with zero attached hydrogens (tertiary/aromatic N) is 2. The van der Waals surface area contributed by atoms with Gasteiger partial charge in [-0.25, -0.2) is 0 Å². The van der Waals surface area contributed by atoms with Gasteiger partial charge in [-0.05, 0) is 47.7 Å². The minimum atomic E-state index is -0.512. The van der Waals surface area contributed by atoms with Crippen LogP contribution >= 0.6 is 0 Å². The van der Waals surface area contributed by atoms with Gasteiger partial charge in [-0.1, -0.05) is 60.7 Å². The maximum absolute atomic E-state index is 13.8. The fraction of sp³-hybridized carbons (Fsp3) is 0.267. The number of aromatic amines is 1. The molecule has 0 saturated carbocycles. The number of fused-ring (bicyclic) bond motifs is 4. The number of aromatic nitrogens is 1. The average Bonchev–Trinajstić information content (AvgIpc) is 3.29. The molecule has 0 unspecified atom stereocenters. The maximum Gasteiger partial charge on any atom is 0.246 e. The highest BCUT2D eigenvalue weighted by molar-refractivity contribution is 5.97. The second kappa shape index (κ2) is 9.19. The summed E-state index contributed by atoms with van der Waals surface area (Å²) in [4.78, 5) is 34.6. The van der Waals surface area contributed by atoms with E-state index in [0.29, 0.717) is 13.0 Å². The minimum absolute atomic E-state index is 0.00978. The molecule has 6 rings (SSSR count). The van der Waals surface area contributed by atoms with E-state index in [-0.39, 0.29) is 24.4 Å². The third-order valence-corrected chi connectivity index (χ3v) is 7.51. The SMILES string of the molecule is COc1ccc([C@H]2c3[nH]c4ccccc4c3C[C@H]3C(=O)N(CCCc4ccccc4)CC(=O)N23)cc1. The number of H-pyrrole nitrogens is 1. The van der Waals surface area contributed by atoms with Crippen LogP contribution in [0.3, 0.4) is 0 Å². The number of ether oxygens (including phenoxy) is 1. The monoisotopic (exact) mass is 479 g/mol. The van der Waals surface area contributed by atoms with E-state index >= 15 is 0 Å². The zero-order valence-electron chi connectivity index (χ0n) is 20.3. The molecule has 36 heavy (non-hydrogen) atoms. The first-order valence-electron chi connectivity index (χ1n) is 12.5. The summed E-state index contributed by atoms with van der Waals surface area (Å²) in [6.07, 6.45) is 2.23. The number of hydrogen-bond donors (Lipinski definition) is 1. The van der Waals surface area contributed by atoms with Crippen molar-refractivity contribution < 1.29 is 14.3 Å². The van der Waals surface area contributed by atoms with Gasteiger partial charge in [-0.3, -0.25) is 9.59 Å². The number of aryl methyl sites for hydroxylation is 1. The van der Waals surface area contributed by atoms with Crippen molar-refractivity contribution in [3.63, 3.8) is 0 Å². The molecule has 3 heterocycles. The second-order valence-corrected chi connectivity index (χ2v) is 9.61. The molecular weight excluding hydrogens is 450 g/mol. The Bertz CT molecular complexity index is 1410. The summed E-state index contributed by atoms with van der Waals surface area (Å²) in [6.45, 7) is 0.699. The van der Waals surface area contributed by atoms with Gasteiger partial charge in [0, 0.05) is 29.6 Å². The van der Waals surface area contributed by atoms with E-state index in [9.17, 15) is 9.59 Å². The van der Waals surface area contributed by atoms with E-state index in [2.05, 4.69) is 29.2 Å². The molecule has 1 aromatic heterocycles. The normalized spacial score (nSPS) is 19.4. The number of carbonyl (C=O) groups excluding carboxylic acids is 2. The van der Waals surface area contributed by atoms with Crippen LogP contribution in [0.2, 0.25) is 0 Å². The fourth-order valence-electron chi connectivity index (χ4n) is 5.76. The quantitative estimate of drug-likeness (QED) is 0.443. The van der Waals surface area contributed by atoms with Crippen LogP contribution in [0, 0.1) is 0 Å². The number of carbonyl (C=O) groups is 2. The van der Waals surface area contributed by atoms with E-state index in [1.807, 2.05) is 59.5 Å². The smallest absolute Gasteiger partial charge is 0.246 e. The highest BCUT2D eigenvalue weighted by atomic mass is 16.5. The Balaban J connectivity index is 1.34. The Kier molecular flexibility index (Phi) is 5.72. The molecule has 0 spiro atoms. The molecule has 2 aliphatic rings. The van der Waals surface area contributed by atoms with Crippen LogP contribution in [0.25, 0.3) is 10.9 Å². The molecule has 2 amide bonds. The Morgan fingerprint density at radius 1 is 0.944 bits per heavy atom. The summed E-state index contributed by atoms with van der Waals surface area (Å²) in [6, 6.07) is 25.4. The van der Waals surface area contributed by atoms with Crippen LogP contribution in [-0.2, 0) is 22.4 Å². The maximum atomic E-state index is 13.8. The lowest BCUT2D eigenvalue weighted by atomic mass is 9.86. The van der Waals surface area contributed by atoms with Crippen molar-refractivity contribution in [2.75, 3.05) is 20.2 Å². The van der Waals surface area contributed by atoms with Gasteiger partial charge < -0.3 is 19.5 Å². The van der Waals surface area contributed by atoms with Gasteiger partial charge in [0.15, 0.2) is 0 Å². The lowest BCUT2D eigenvalue weighted by Crippen LogP contribution is -2.63. The molecule has 0 radical (unpaired) electrons. The lowest BCUT2D eigenvalue weighted by molar-refractivity contribution is -0.158. The van der Waals surface area contributed by atoms with Gasteiger partial charge in [0.05, 0.1) is 19.7 Å². The van der Waals surface area contributed by atoms with Crippen LogP contribution in [0.1, 0.15) is 34.8 Å². The molecule has 1 saturated heterocycles. The van der Waals surface area contributed by atoms with E-state index in [1.54, 1.807) is 12.0 Å². The summed E-state index contributed by atoms with van der Waals surface area (Å²) >= 11 is 0. The molecule has 0 bridgehead atoms. The highest BCUT2D eigenvalue weighted by Gasteiger charge is 2.48. The van der Waals surface area contributed by atoms with Gasteiger partial charge in [-0.15, -0.1) is 0 Å². The first-order valence-corrected chi connectivity index (χ1v) is 12.5. The van der Waals surface area contributed by atoms with Gasteiger partial charge in [0.2, 0.25) is 11.8 Å². The summed E-state index contributed by atoms with van der Waals surface area (Å²) in [5.41, 5.74) is 5.36. The Morgan fingerprint density at radius 3 is 2.47 bits per heavy atom. The molecule has 2 aliphatic heterocycles. The molecule has 2 atom stereocenters. The number of piperazine rings is 1. The Labute approximate surface area is 210 Å². The van der Waals surface area contributed by atoms with E-state index < -0.39 is 6.04 Å². The molecule has 6 nitrogen and oxygen atoms in total. The first kappa shape index (κ1) is 22.4. The Morgan fingerprint density at radius 2 is 1.69 bits per heavy atom. The fourth-order valence-corrected chi connectivity index (χ4v) is 5.76. The zero-order chi connectivity index (χ0) is 24.6. The number of benzene rings is 3. The van der Waals surface area contributed by atoms with Crippen LogP contribution in [0.4, 0.5) is 0 Å². The number of amides is 2. The lowest BCUT2D eigenvalue weighted by Gasteiger charge is -2.47. The van der Waals surface area contributed by atoms with Gasteiger partial charge in [0.25, 0.3) is 0 Å². The summed E-state index contributed by atoms with van der Waals surface area (Å²) in [7, 11) is 1.64. The van der Waals surface area contributed by atoms with Crippen molar-refractivity contribution >= 4 is 22.7 Å². The summed E-state index contributed by atoms with van der Waals surface area (Å²) in [5, 5.41) is 1.12. The average molecular weight is 480 g/mol. The zero-order valence-corrected chi connectivity index (χ0v) is 20.3. The van der Waals surface area contributed by atoms with Crippen molar-refractivity contribution in [1.82, 2.24) is 14.8 Å². The van der Waals surface area contributed by atoms with Crippen LogP contribution < -0.4 is 4.74 Å². The van der Waals surface area contributed by atoms with Gasteiger partial charge >= 0.3 is 0 Å². The highest BCUT2D eigenvalue weighted by Crippen LogP contribution is 2.42. The van der Waals surface area contributed by atoms with Crippen molar-refractivity contribution in [3.05, 3.63) is 101 Å². The van der Waals surface area contributed by atoms with Crippen molar-refractivity contribution in [2.45, 2.75) is 31.3 Å². The number of rotatable bonds is 6. The Hall–Kier alpha value is -4.06. The molecule has 1 N–H and O–H groups in total. The minimum Gasteiger partial charge on any atom is -0.497 e. The van der Waals surface area contributed by atoms with Gasteiger partial charge in [-0.2, -0.15) is 0 Å². The van der Waals surface area contributed by atoms with E-state index in [0.717, 1.165) is 46.3 Å². The van der Waals surface area contributed by atoms with E-state index in [4.69, 9.17) is 4.74 Å². The second-order valence-electron chi connectivity index (χ2n) is 9.61. The number of para-hydroxylation sites is 1. The molecule has 182 valence electrons. The topological polar surface area (TPSA) is 65.6 Å². The van der Waals surface area contributed by atoms with Crippen molar-refractivity contribution in [2.24, 2.45) is 0 Å². The number of methoxy groups -OCH3 is 1. The van der Waals surface area contributed by atoms with Crippen molar-refractivity contribution in [1.29, 1.82) is 0 Å². The predicted octanol–water partition coefficient (Wildman–Crippen LogP) is 4.49. The molecule has 0 aliphatic carbocycles. The summed E-state index contributed by atoms with van der Waals surface area (Å²) < 4.78 is 5.35.